The normalized spacial score (nSPS) is 22.6. The molecule has 0 radical (unpaired) electrons. The van der Waals surface area contributed by atoms with Gasteiger partial charge >= 0.3 is 0 Å². The van der Waals surface area contributed by atoms with Crippen LogP contribution in [-0.2, 0) is 4.74 Å². The number of halogens is 1. The number of hydrogen-bond donors (Lipinski definition) is 0. The lowest BCUT2D eigenvalue weighted by Crippen LogP contribution is -2.45. The van der Waals surface area contributed by atoms with Crippen molar-refractivity contribution < 1.29 is 9.15 Å². The third kappa shape index (κ3) is 2.96. The minimum absolute atomic E-state index is 0.193. The Bertz CT molecular complexity index is 634. The zero-order chi connectivity index (χ0) is 15.0. The van der Waals surface area contributed by atoms with E-state index in [0.717, 1.165) is 40.5 Å². The molecule has 1 saturated heterocycles. The number of hydrogen-bond acceptors (Lipinski definition) is 5. The van der Waals surface area contributed by atoms with Gasteiger partial charge in [-0.25, -0.2) is 9.97 Å². The molecule has 1 aliphatic heterocycles. The molecule has 6 heteroatoms. The van der Waals surface area contributed by atoms with Crippen LogP contribution in [-0.4, -0.2) is 35.3 Å². The first kappa shape index (κ1) is 14.5. The molecule has 5 nitrogen and oxygen atoms in total. The van der Waals surface area contributed by atoms with Gasteiger partial charge in [0.15, 0.2) is 0 Å². The summed E-state index contributed by atoms with van der Waals surface area (Å²) in [6.07, 6.45) is 3.86. The van der Waals surface area contributed by atoms with Crippen molar-refractivity contribution in [3.63, 3.8) is 0 Å². The summed E-state index contributed by atoms with van der Waals surface area (Å²) in [5.74, 6) is 1.71. The second-order valence-electron chi connectivity index (χ2n) is 5.42. The molecule has 0 saturated carbocycles. The Kier molecular flexibility index (Phi) is 3.99. The molecule has 21 heavy (non-hydrogen) atoms. The Labute approximate surface area is 132 Å². The number of aryl methyl sites for hydroxylation is 1. The van der Waals surface area contributed by atoms with Gasteiger partial charge in [-0.3, -0.25) is 0 Å². The summed E-state index contributed by atoms with van der Waals surface area (Å²) < 4.78 is 11.9. The summed E-state index contributed by atoms with van der Waals surface area (Å²) in [5.41, 5.74) is 1.77. The summed E-state index contributed by atoms with van der Waals surface area (Å²) >= 11 is 3.48. The highest BCUT2D eigenvalue weighted by Crippen LogP contribution is 2.30. The summed E-state index contributed by atoms with van der Waals surface area (Å²) in [7, 11) is 0. The lowest BCUT2D eigenvalue weighted by molar-refractivity contribution is -0.00547. The van der Waals surface area contributed by atoms with Crippen molar-refractivity contribution in [3.8, 4) is 11.3 Å². The van der Waals surface area contributed by atoms with Crippen molar-refractivity contribution in [1.29, 1.82) is 0 Å². The fraction of sp³-hybridized carbons (Fsp3) is 0.467. The fourth-order valence-electron chi connectivity index (χ4n) is 2.68. The van der Waals surface area contributed by atoms with Crippen LogP contribution in [0.1, 0.15) is 19.6 Å². The van der Waals surface area contributed by atoms with Crippen molar-refractivity contribution in [2.45, 2.75) is 33.0 Å². The maximum Gasteiger partial charge on any atom is 0.148 e. The van der Waals surface area contributed by atoms with Gasteiger partial charge in [0.25, 0.3) is 0 Å². The van der Waals surface area contributed by atoms with E-state index in [0.29, 0.717) is 0 Å². The van der Waals surface area contributed by atoms with Gasteiger partial charge in [0.2, 0.25) is 0 Å². The minimum Gasteiger partial charge on any atom is -0.469 e. The van der Waals surface area contributed by atoms with Crippen LogP contribution in [0.25, 0.3) is 11.3 Å². The molecule has 0 N–H and O–H groups in total. The van der Waals surface area contributed by atoms with Crippen molar-refractivity contribution in [1.82, 2.24) is 9.97 Å². The highest BCUT2D eigenvalue weighted by atomic mass is 79.9. The van der Waals surface area contributed by atoms with Crippen molar-refractivity contribution in [3.05, 3.63) is 28.9 Å². The topological polar surface area (TPSA) is 51.4 Å². The summed E-state index contributed by atoms with van der Waals surface area (Å²) in [5, 5.41) is 0. The smallest absolute Gasteiger partial charge is 0.148 e. The lowest BCUT2D eigenvalue weighted by Gasteiger charge is -2.36. The number of nitrogens with zero attached hydrogens (tertiary/aromatic N) is 3. The van der Waals surface area contributed by atoms with Crippen LogP contribution in [0.4, 0.5) is 5.82 Å². The van der Waals surface area contributed by atoms with Crippen LogP contribution in [0.2, 0.25) is 0 Å². The molecule has 1 aliphatic rings. The monoisotopic (exact) mass is 351 g/mol. The SMILES string of the molecule is Cc1occc1-c1nc(N2C[C@@H](C)O[C@@H](C)C2)cnc1Br. The molecular formula is C15H18BrN3O2. The molecular weight excluding hydrogens is 334 g/mol. The van der Waals surface area contributed by atoms with Crippen LogP contribution in [0.3, 0.4) is 0 Å². The van der Waals surface area contributed by atoms with E-state index in [1.807, 2.05) is 13.0 Å². The average molecular weight is 352 g/mol. The number of rotatable bonds is 2. The number of ether oxygens (including phenoxy) is 1. The fourth-order valence-corrected chi connectivity index (χ4v) is 3.09. The number of anilines is 1. The van der Waals surface area contributed by atoms with Crippen LogP contribution in [0.15, 0.2) is 27.5 Å². The molecule has 0 aromatic carbocycles. The predicted molar refractivity (Wildman–Crippen MR) is 84.4 cm³/mol. The standard InChI is InChI=1S/C15H18BrN3O2/c1-9-7-19(8-10(2)21-9)13-6-17-15(16)14(18-13)12-4-5-20-11(12)3/h4-6,9-10H,7-8H2,1-3H3/t9-,10+. The molecule has 112 valence electrons. The second-order valence-corrected chi connectivity index (χ2v) is 6.17. The highest BCUT2D eigenvalue weighted by molar-refractivity contribution is 9.10. The highest BCUT2D eigenvalue weighted by Gasteiger charge is 2.24. The van der Waals surface area contributed by atoms with Gasteiger partial charge in [-0.15, -0.1) is 0 Å². The van der Waals surface area contributed by atoms with Gasteiger partial charge < -0.3 is 14.1 Å². The van der Waals surface area contributed by atoms with E-state index in [9.17, 15) is 0 Å². The van der Waals surface area contributed by atoms with Crippen LogP contribution in [0, 0.1) is 6.92 Å². The first-order valence-corrected chi connectivity index (χ1v) is 7.81. The van der Waals surface area contributed by atoms with E-state index in [4.69, 9.17) is 14.1 Å². The zero-order valence-corrected chi connectivity index (χ0v) is 13.9. The number of aromatic nitrogens is 2. The van der Waals surface area contributed by atoms with Gasteiger partial charge in [-0.1, -0.05) is 0 Å². The molecule has 0 bridgehead atoms. The number of morpholine rings is 1. The van der Waals surface area contributed by atoms with E-state index < -0.39 is 0 Å². The molecule has 0 amide bonds. The zero-order valence-electron chi connectivity index (χ0n) is 12.3. The Morgan fingerprint density at radius 2 is 2.00 bits per heavy atom. The molecule has 1 fully saturated rings. The van der Waals surface area contributed by atoms with Gasteiger partial charge in [-0.2, -0.15) is 0 Å². The Morgan fingerprint density at radius 1 is 1.29 bits per heavy atom. The average Bonchev–Trinajstić information content (AvgIpc) is 2.84. The third-order valence-electron chi connectivity index (χ3n) is 3.57. The van der Waals surface area contributed by atoms with Crippen molar-refractivity contribution in [2.75, 3.05) is 18.0 Å². The first-order valence-electron chi connectivity index (χ1n) is 7.02. The maximum atomic E-state index is 5.77. The molecule has 0 unspecified atom stereocenters. The quantitative estimate of drug-likeness (QED) is 0.829. The Hall–Kier alpha value is -1.40. The minimum atomic E-state index is 0.193. The van der Waals surface area contributed by atoms with E-state index in [2.05, 4.69) is 39.7 Å². The van der Waals surface area contributed by atoms with Gasteiger partial charge in [0.1, 0.15) is 21.9 Å². The van der Waals surface area contributed by atoms with Crippen molar-refractivity contribution in [2.24, 2.45) is 0 Å². The summed E-state index contributed by atoms with van der Waals surface area (Å²) in [4.78, 5) is 11.4. The Morgan fingerprint density at radius 3 is 2.62 bits per heavy atom. The molecule has 3 heterocycles. The Balaban J connectivity index is 1.96. The predicted octanol–water partition coefficient (Wildman–Crippen LogP) is 3.42. The van der Waals surface area contributed by atoms with Crippen molar-refractivity contribution >= 4 is 21.7 Å². The largest absolute Gasteiger partial charge is 0.469 e. The molecule has 2 atom stereocenters. The molecule has 0 aliphatic carbocycles. The first-order chi connectivity index (χ1) is 10.0. The molecule has 2 aromatic heterocycles. The van der Waals surface area contributed by atoms with E-state index in [1.165, 1.54) is 0 Å². The van der Waals surface area contributed by atoms with Gasteiger partial charge in [-0.05, 0) is 42.8 Å². The molecule has 0 spiro atoms. The second kappa shape index (κ2) is 5.77. The van der Waals surface area contributed by atoms with E-state index >= 15 is 0 Å². The molecule has 3 rings (SSSR count). The summed E-state index contributed by atoms with van der Waals surface area (Å²) in [6, 6.07) is 1.92. The molecule has 2 aromatic rings. The van der Waals surface area contributed by atoms with Crippen LogP contribution < -0.4 is 4.90 Å². The summed E-state index contributed by atoms with van der Waals surface area (Å²) in [6.45, 7) is 7.73. The van der Waals surface area contributed by atoms with Gasteiger partial charge in [0.05, 0.1) is 24.7 Å². The van der Waals surface area contributed by atoms with Crippen LogP contribution >= 0.6 is 15.9 Å². The number of furan rings is 1. The van der Waals surface area contributed by atoms with E-state index in [1.54, 1.807) is 12.5 Å². The third-order valence-corrected chi connectivity index (χ3v) is 4.15. The van der Waals surface area contributed by atoms with Crippen LogP contribution in [0.5, 0.6) is 0 Å². The van der Waals surface area contributed by atoms with Gasteiger partial charge in [0, 0.05) is 18.7 Å². The van der Waals surface area contributed by atoms with E-state index in [-0.39, 0.29) is 12.2 Å². The lowest BCUT2D eigenvalue weighted by atomic mass is 10.2. The maximum absolute atomic E-state index is 5.77.